The lowest BCUT2D eigenvalue weighted by atomic mass is 9.98. The fraction of sp³-hybridized carbons (Fsp3) is 0.231. The highest BCUT2D eigenvalue weighted by atomic mass is 16.5. The van der Waals surface area contributed by atoms with Gasteiger partial charge in [-0.25, -0.2) is 9.59 Å². The van der Waals surface area contributed by atoms with Crippen LogP contribution in [0.2, 0.25) is 0 Å². The van der Waals surface area contributed by atoms with E-state index < -0.39 is 24.0 Å². The summed E-state index contributed by atoms with van der Waals surface area (Å²) in [6, 6.07) is 16.2. The molecule has 2 aromatic carbocycles. The van der Waals surface area contributed by atoms with E-state index in [4.69, 9.17) is 4.74 Å². The maximum atomic E-state index is 12.5. The van der Waals surface area contributed by atoms with Crippen molar-refractivity contribution in [1.29, 1.82) is 0 Å². The molecule has 1 aromatic heterocycles. The van der Waals surface area contributed by atoms with Crippen LogP contribution in [-0.4, -0.2) is 45.5 Å². The lowest BCUT2D eigenvalue weighted by molar-refractivity contribution is -0.139. The van der Waals surface area contributed by atoms with Gasteiger partial charge in [0.2, 0.25) is 0 Å². The minimum absolute atomic E-state index is 0.0275. The number of hydrogen-bond donors (Lipinski definition) is 3. The van der Waals surface area contributed by atoms with Gasteiger partial charge in [-0.05, 0) is 29.2 Å². The average Bonchev–Trinajstić information content (AvgIpc) is 3.37. The zero-order valence-electron chi connectivity index (χ0n) is 19.2. The van der Waals surface area contributed by atoms with Crippen molar-refractivity contribution in [2.24, 2.45) is 7.05 Å². The predicted octanol–water partition coefficient (Wildman–Crippen LogP) is 3.38. The Kier molecular flexibility index (Phi) is 6.83. The quantitative estimate of drug-likeness (QED) is 0.453. The lowest BCUT2D eigenvalue weighted by Crippen LogP contribution is -2.41. The molecule has 35 heavy (non-hydrogen) atoms. The number of aromatic nitrogens is 2. The summed E-state index contributed by atoms with van der Waals surface area (Å²) in [6.07, 6.45) is -0.737. The van der Waals surface area contributed by atoms with E-state index in [1.54, 1.807) is 6.92 Å². The molecular weight excluding hydrogens is 448 g/mol. The van der Waals surface area contributed by atoms with Crippen LogP contribution in [0.3, 0.4) is 0 Å². The molecule has 0 bridgehead atoms. The van der Waals surface area contributed by atoms with E-state index in [0.29, 0.717) is 0 Å². The van der Waals surface area contributed by atoms with Gasteiger partial charge in [0, 0.05) is 25.5 Å². The first-order valence-corrected chi connectivity index (χ1v) is 11.0. The number of fused-ring (bicyclic) bond motifs is 3. The smallest absolute Gasteiger partial charge is 0.412 e. The first kappa shape index (κ1) is 23.6. The molecular formula is C26H24N4O5. The van der Waals surface area contributed by atoms with Crippen LogP contribution in [-0.2, 0) is 16.6 Å². The van der Waals surface area contributed by atoms with E-state index in [-0.39, 0.29) is 30.5 Å². The van der Waals surface area contributed by atoms with E-state index in [9.17, 15) is 19.5 Å². The molecule has 1 unspecified atom stereocenters. The topological polar surface area (TPSA) is 123 Å². The van der Waals surface area contributed by atoms with Crippen molar-refractivity contribution in [3.63, 3.8) is 0 Å². The number of nitrogens with zero attached hydrogens (tertiary/aromatic N) is 2. The van der Waals surface area contributed by atoms with Crippen molar-refractivity contribution in [2.45, 2.75) is 25.3 Å². The summed E-state index contributed by atoms with van der Waals surface area (Å²) < 4.78 is 6.75. The Hall–Kier alpha value is -4.58. The maximum Gasteiger partial charge on any atom is 0.412 e. The molecule has 3 N–H and O–H groups in total. The summed E-state index contributed by atoms with van der Waals surface area (Å²) in [4.78, 5) is 36.4. The summed E-state index contributed by atoms with van der Waals surface area (Å²) in [6.45, 7) is 1.72. The van der Waals surface area contributed by atoms with Gasteiger partial charge in [-0.15, -0.1) is 11.8 Å². The third kappa shape index (κ3) is 5.01. The molecule has 3 aromatic rings. The third-order valence-corrected chi connectivity index (χ3v) is 5.77. The molecule has 1 aliphatic carbocycles. The lowest BCUT2D eigenvalue weighted by Gasteiger charge is -2.14. The van der Waals surface area contributed by atoms with Crippen LogP contribution in [0.4, 0.5) is 10.6 Å². The Balaban J connectivity index is 1.40. The molecule has 0 radical (unpaired) electrons. The number of carboxylic acid groups (broad SMARTS) is 1. The summed E-state index contributed by atoms with van der Waals surface area (Å²) in [7, 11) is 1.51. The van der Waals surface area contributed by atoms with E-state index >= 15 is 0 Å². The second-order valence-corrected chi connectivity index (χ2v) is 7.98. The molecule has 1 atom stereocenters. The molecule has 0 aliphatic heterocycles. The highest BCUT2D eigenvalue weighted by molar-refractivity contribution is 5.96. The molecule has 0 saturated heterocycles. The van der Waals surface area contributed by atoms with Crippen molar-refractivity contribution in [2.75, 3.05) is 11.9 Å². The number of rotatable bonds is 7. The molecule has 9 nitrogen and oxygen atoms in total. The number of ether oxygens (including phenoxy) is 1. The zero-order valence-corrected chi connectivity index (χ0v) is 19.2. The van der Waals surface area contributed by atoms with Gasteiger partial charge < -0.3 is 15.2 Å². The number of carboxylic acids is 1. The number of nitrogens with one attached hydrogen (secondary N) is 2. The highest BCUT2D eigenvalue weighted by Crippen LogP contribution is 2.44. The van der Waals surface area contributed by atoms with E-state index in [1.165, 1.54) is 17.8 Å². The first-order chi connectivity index (χ1) is 16.9. The van der Waals surface area contributed by atoms with E-state index in [0.717, 1.165) is 22.3 Å². The summed E-state index contributed by atoms with van der Waals surface area (Å²) in [5, 5.41) is 18.3. The molecule has 1 aliphatic rings. The fourth-order valence-electron chi connectivity index (χ4n) is 4.12. The molecule has 0 spiro atoms. The Morgan fingerprint density at radius 2 is 1.74 bits per heavy atom. The van der Waals surface area contributed by atoms with Crippen molar-refractivity contribution in [3.05, 3.63) is 71.4 Å². The van der Waals surface area contributed by atoms with Crippen LogP contribution in [0, 0.1) is 11.8 Å². The molecule has 0 fully saturated rings. The SMILES string of the molecule is CC#CCC(NC(=O)c1cc(NC(=O)OCC2c3ccccc3-c3ccccc32)nn1C)C(=O)O. The second kappa shape index (κ2) is 10.1. The summed E-state index contributed by atoms with van der Waals surface area (Å²) in [5.41, 5.74) is 4.52. The standard InChI is InChI=1S/C26H24N4O5/c1-3-4-13-21(25(32)33)27-24(31)22-14-23(29-30(22)2)28-26(34)35-15-20-18-11-7-5-9-16(18)17-10-6-8-12-19(17)20/h5-12,14,20-21H,13,15H2,1-2H3,(H,27,31)(H,32,33)(H,28,29,34). The summed E-state index contributed by atoms with van der Waals surface area (Å²) >= 11 is 0. The second-order valence-electron chi connectivity index (χ2n) is 7.98. The van der Waals surface area contributed by atoms with Gasteiger partial charge in [0.1, 0.15) is 18.3 Å². The number of amides is 2. The predicted molar refractivity (Wildman–Crippen MR) is 129 cm³/mol. The highest BCUT2D eigenvalue weighted by Gasteiger charge is 2.29. The largest absolute Gasteiger partial charge is 0.480 e. The van der Waals surface area contributed by atoms with Gasteiger partial charge in [-0.2, -0.15) is 5.10 Å². The van der Waals surface area contributed by atoms with Crippen LogP contribution in [0.5, 0.6) is 0 Å². The van der Waals surface area contributed by atoms with Crippen LogP contribution in [0.1, 0.15) is 40.9 Å². The minimum atomic E-state index is -1.19. The molecule has 0 saturated carbocycles. The molecule has 9 heteroatoms. The number of anilines is 1. The number of hydrogen-bond acceptors (Lipinski definition) is 5. The van der Waals surface area contributed by atoms with Crippen molar-refractivity contribution in [3.8, 4) is 23.0 Å². The Labute approximate surface area is 202 Å². The number of benzene rings is 2. The van der Waals surface area contributed by atoms with Crippen molar-refractivity contribution in [1.82, 2.24) is 15.1 Å². The summed E-state index contributed by atoms with van der Waals surface area (Å²) in [5.74, 6) is 3.42. The van der Waals surface area contributed by atoms with Gasteiger partial charge in [-0.3, -0.25) is 14.8 Å². The Morgan fingerprint density at radius 1 is 1.11 bits per heavy atom. The average molecular weight is 473 g/mol. The molecule has 178 valence electrons. The van der Waals surface area contributed by atoms with Gasteiger partial charge in [0.05, 0.1) is 0 Å². The monoisotopic (exact) mass is 472 g/mol. The zero-order chi connectivity index (χ0) is 24.9. The van der Waals surface area contributed by atoms with Crippen LogP contribution < -0.4 is 10.6 Å². The van der Waals surface area contributed by atoms with Gasteiger partial charge in [0.15, 0.2) is 5.82 Å². The minimum Gasteiger partial charge on any atom is -0.480 e. The first-order valence-electron chi connectivity index (χ1n) is 11.0. The van der Waals surface area contributed by atoms with Gasteiger partial charge in [0.25, 0.3) is 5.91 Å². The number of aryl methyl sites for hydroxylation is 1. The van der Waals surface area contributed by atoms with Gasteiger partial charge >= 0.3 is 12.1 Å². The fourth-order valence-corrected chi connectivity index (χ4v) is 4.12. The van der Waals surface area contributed by atoms with E-state index in [2.05, 4.69) is 39.7 Å². The van der Waals surface area contributed by atoms with Crippen molar-refractivity contribution >= 4 is 23.8 Å². The van der Waals surface area contributed by atoms with Crippen LogP contribution in [0.25, 0.3) is 11.1 Å². The van der Waals surface area contributed by atoms with Crippen LogP contribution in [0.15, 0.2) is 54.6 Å². The van der Waals surface area contributed by atoms with Crippen LogP contribution >= 0.6 is 0 Å². The number of carbonyl (C=O) groups excluding carboxylic acids is 2. The molecule has 4 rings (SSSR count). The number of aliphatic carboxylic acids is 1. The molecule has 2 amide bonds. The normalized spacial score (nSPS) is 12.5. The van der Waals surface area contributed by atoms with E-state index in [1.807, 2.05) is 36.4 Å². The third-order valence-electron chi connectivity index (χ3n) is 5.77. The maximum absolute atomic E-state index is 12.5. The van der Waals surface area contributed by atoms with Gasteiger partial charge in [-0.1, -0.05) is 48.5 Å². The number of carbonyl (C=O) groups is 3. The molecule has 1 heterocycles. The Morgan fingerprint density at radius 3 is 2.34 bits per heavy atom. The van der Waals surface area contributed by atoms with Crippen molar-refractivity contribution < 1.29 is 24.2 Å². The Bertz CT molecular complexity index is 1310.